The highest BCUT2D eigenvalue weighted by Crippen LogP contribution is 2.27. The van der Waals surface area contributed by atoms with Gasteiger partial charge in [0.15, 0.2) is 0 Å². The Hall–Kier alpha value is -0.480. The molecule has 1 aromatic rings. The number of rotatable bonds is 4. The summed E-state index contributed by atoms with van der Waals surface area (Å²) in [6.45, 7) is 0. The van der Waals surface area contributed by atoms with Crippen LogP contribution >= 0.6 is 35.6 Å². The van der Waals surface area contributed by atoms with E-state index < -0.39 is 0 Å². The second kappa shape index (κ2) is 9.12. The molecule has 1 fully saturated rings. The van der Waals surface area contributed by atoms with Crippen molar-refractivity contribution >= 4 is 41.5 Å². The van der Waals surface area contributed by atoms with Gasteiger partial charge in [-0.3, -0.25) is 4.79 Å². The number of halogens is 3. The monoisotopic (exact) mass is 378 g/mol. The minimum atomic E-state index is 0. The summed E-state index contributed by atoms with van der Waals surface area (Å²) in [7, 11) is 6.12. The maximum atomic E-state index is 12.6. The van der Waals surface area contributed by atoms with E-state index in [4.69, 9.17) is 23.2 Å². The van der Waals surface area contributed by atoms with Gasteiger partial charge in [-0.25, -0.2) is 0 Å². The molecule has 1 aromatic carbocycles. The molecule has 3 nitrogen and oxygen atoms in total. The van der Waals surface area contributed by atoms with Gasteiger partial charge in [0.2, 0.25) is 5.91 Å². The highest BCUT2D eigenvalue weighted by Gasteiger charge is 2.31. The molecular weight excluding hydrogens is 355 g/mol. The van der Waals surface area contributed by atoms with Gasteiger partial charge in [-0.05, 0) is 44.6 Å². The van der Waals surface area contributed by atoms with E-state index in [1.54, 1.807) is 12.1 Å². The Morgan fingerprint density at radius 1 is 1.09 bits per heavy atom. The molecule has 0 saturated heterocycles. The standard InChI is InChI=1S/C17H24Cl2N2O.ClH/c1-20(2)15-6-4-5-7-16(15)21(3)17(22)11-12-8-9-13(18)14(19)10-12;/h8-10,15-16H,4-7,11H2,1-3H3;1H/t15-,16-;/m1./s1. The van der Waals surface area contributed by atoms with Gasteiger partial charge in [0.1, 0.15) is 0 Å². The van der Waals surface area contributed by atoms with Crippen molar-refractivity contribution in [2.45, 2.75) is 44.2 Å². The zero-order valence-corrected chi connectivity index (χ0v) is 16.2. The molecular formula is C17H25Cl3N2O. The van der Waals surface area contributed by atoms with Crippen LogP contribution in [0.1, 0.15) is 31.2 Å². The van der Waals surface area contributed by atoms with Gasteiger partial charge in [-0.2, -0.15) is 0 Å². The van der Waals surface area contributed by atoms with E-state index in [9.17, 15) is 4.79 Å². The molecule has 0 aliphatic heterocycles. The molecule has 23 heavy (non-hydrogen) atoms. The fourth-order valence-electron chi connectivity index (χ4n) is 3.28. The summed E-state index contributed by atoms with van der Waals surface area (Å²) in [5.41, 5.74) is 0.906. The number of carbonyl (C=O) groups is 1. The third kappa shape index (κ3) is 5.25. The fraction of sp³-hybridized carbons (Fsp3) is 0.588. The van der Waals surface area contributed by atoms with Crippen LogP contribution in [0.3, 0.4) is 0 Å². The Morgan fingerprint density at radius 3 is 2.26 bits per heavy atom. The van der Waals surface area contributed by atoms with Crippen LogP contribution in [0, 0.1) is 0 Å². The van der Waals surface area contributed by atoms with Crippen molar-refractivity contribution in [1.29, 1.82) is 0 Å². The first-order chi connectivity index (χ1) is 10.4. The van der Waals surface area contributed by atoms with Gasteiger partial charge < -0.3 is 9.80 Å². The van der Waals surface area contributed by atoms with Crippen molar-refractivity contribution in [3.05, 3.63) is 33.8 Å². The molecule has 0 aromatic heterocycles. The highest BCUT2D eigenvalue weighted by atomic mass is 35.5. The third-order valence-electron chi connectivity index (χ3n) is 4.59. The predicted molar refractivity (Wildman–Crippen MR) is 99.9 cm³/mol. The number of likely N-dealkylation sites (N-methyl/N-ethyl adjacent to an activating group) is 2. The average molecular weight is 380 g/mol. The summed E-state index contributed by atoms with van der Waals surface area (Å²) in [6.07, 6.45) is 5.03. The van der Waals surface area contributed by atoms with Gasteiger partial charge >= 0.3 is 0 Å². The van der Waals surface area contributed by atoms with Crippen LogP contribution in [0.4, 0.5) is 0 Å². The Balaban J connectivity index is 0.00000264. The molecule has 2 rings (SSSR count). The lowest BCUT2D eigenvalue weighted by Gasteiger charge is -2.41. The zero-order valence-electron chi connectivity index (χ0n) is 13.9. The van der Waals surface area contributed by atoms with Crippen molar-refractivity contribution in [2.75, 3.05) is 21.1 Å². The lowest BCUT2D eigenvalue weighted by molar-refractivity contribution is -0.133. The lowest BCUT2D eigenvalue weighted by atomic mass is 9.88. The van der Waals surface area contributed by atoms with Gasteiger partial charge in [0.25, 0.3) is 0 Å². The minimum absolute atomic E-state index is 0. The van der Waals surface area contributed by atoms with Gasteiger partial charge in [0, 0.05) is 19.1 Å². The van der Waals surface area contributed by atoms with Crippen LogP contribution in [-0.4, -0.2) is 48.9 Å². The average Bonchev–Trinajstić information content (AvgIpc) is 2.50. The summed E-state index contributed by atoms with van der Waals surface area (Å²) < 4.78 is 0. The van der Waals surface area contributed by atoms with Crippen LogP contribution < -0.4 is 0 Å². The molecule has 0 heterocycles. The van der Waals surface area contributed by atoms with Gasteiger partial charge in [-0.15, -0.1) is 12.4 Å². The maximum absolute atomic E-state index is 12.6. The van der Waals surface area contributed by atoms with E-state index in [1.165, 1.54) is 12.8 Å². The SMILES string of the molecule is CN(C)[C@@H]1CCCC[C@H]1N(C)C(=O)Cc1ccc(Cl)c(Cl)c1.Cl. The molecule has 0 bridgehead atoms. The minimum Gasteiger partial charge on any atom is -0.341 e. The summed E-state index contributed by atoms with van der Waals surface area (Å²) in [5, 5.41) is 1.02. The molecule has 0 radical (unpaired) electrons. The fourth-order valence-corrected chi connectivity index (χ4v) is 3.60. The van der Waals surface area contributed by atoms with Crippen LogP contribution in [0.5, 0.6) is 0 Å². The van der Waals surface area contributed by atoms with E-state index in [2.05, 4.69) is 19.0 Å². The third-order valence-corrected chi connectivity index (χ3v) is 5.33. The second-order valence-electron chi connectivity index (χ2n) is 6.31. The van der Waals surface area contributed by atoms with E-state index >= 15 is 0 Å². The number of hydrogen-bond acceptors (Lipinski definition) is 2. The molecule has 0 spiro atoms. The summed E-state index contributed by atoms with van der Waals surface area (Å²) >= 11 is 11.9. The van der Waals surface area contributed by atoms with Crippen LogP contribution in [0.25, 0.3) is 0 Å². The number of carbonyl (C=O) groups excluding carboxylic acids is 1. The zero-order chi connectivity index (χ0) is 16.3. The normalized spacial score (nSPS) is 21.0. The Kier molecular flexibility index (Phi) is 8.15. The first-order valence-corrected chi connectivity index (χ1v) is 8.51. The quantitative estimate of drug-likeness (QED) is 0.779. The summed E-state index contributed by atoms with van der Waals surface area (Å²) in [4.78, 5) is 16.8. The molecule has 1 saturated carbocycles. The first kappa shape index (κ1) is 20.6. The molecule has 0 N–H and O–H groups in total. The van der Waals surface area contributed by atoms with Crippen LogP contribution in [-0.2, 0) is 11.2 Å². The number of amides is 1. The van der Waals surface area contributed by atoms with E-state index in [-0.39, 0.29) is 18.3 Å². The van der Waals surface area contributed by atoms with Gasteiger partial charge in [-0.1, -0.05) is 42.1 Å². The molecule has 1 aliphatic carbocycles. The van der Waals surface area contributed by atoms with Crippen molar-refractivity contribution in [2.24, 2.45) is 0 Å². The second-order valence-corrected chi connectivity index (χ2v) is 7.13. The van der Waals surface area contributed by atoms with Crippen LogP contribution in [0.15, 0.2) is 18.2 Å². The van der Waals surface area contributed by atoms with E-state index in [0.29, 0.717) is 28.5 Å². The number of benzene rings is 1. The topological polar surface area (TPSA) is 23.6 Å². The highest BCUT2D eigenvalue weighted by molar-refractivity contribution is 6.42. The summed E-state index contributed by atoms with van der Waals surface area (Å²) in [6, 6.07) is 6.12. The number of nitrogens with zero attached hydrogens (tertiary/aromatic N) is 2. The largest absolute Gasteiger partial charge is 0.341 e. The van der Waals surface area contributed by atoms with Crippen molar-refractivity contribution in [1.82, 2.24) is 9.80 Å². The van der Waals surface area contributed by atoms with E-state index in [1.807, 2.05) is 18.0 Å². The predicted octanol–water partition coefficient (Wildman–Crippen LogP) is 4.29. The van der Waals surface area contributed by atoms with E-state index in [0.717, 1.165) is 18.4 Å². The number of hydrogen-bond donors (Lipinski definition) is 0. The van der Waals surface area contributed by atoms with Gasteiger partial charge in [0.05, 0.1) is 16.5 Å². The molecule has 1 aliphatic rings. The Bertz CT molecular complexity index is 537. The molecule has 2 atom stereocenters. The summed E-state index contributed by atoms with van der Waals surface area (Å²) in [5.74, 6) is 0.136. The first-order valence-electron chi connectivity index (χ1n) is 7.76. The lowest BCUT2D eigenvalue weighted by Crippen LogP contribution is -2.52. The van der Waals surface area contributed by atoms with Crippen LogP contribution in [0.2, 0.25) is 10.0 Å². The molecule has 0 unspecified atom stereocenters. The van der Waals surface area contributed by atoms with Crippen molar-refractivity contribution < 1.29 is 4.79 Å². The van der Waals surface area contributed by atoms with Crippen molar-refractivity contribution in [3.63, 3.8) is 0 Å². The molecule has 130 valence electrons. The smallest absolute Gasteiger partial charge is 0.227 e. The van der Waals surface area contributed by atoms with Crippen molar-refractivity contribution in [3.8, 4) is 0 Å². The molecule has 1 amide bonds. The molecule has 6 heteroatoms. The Morgan fingerprint density at radius 2 is 1.70 bits per heavy atom. The maximum Gasteiger partial charge on any atom is 0.227 e. The Labute approximate surface area is 155 Å².